The van der Waals surface area contributed by atoms with Gasteiger partial charge in [-0.15, -0.1) is 0 Å². The van der Waals surface area contributed by atoms with Crippen molar-refractivity contribution in [3.63, 3.8) is 0 Å². The van der Waals surface area contributed by atoms with E-state index in [4.69, 9.17) is 0 Å². The fourth-order valence-electron chi connectivity index (χ4n) is 0.999. The van der Waals surface area contributed by atoms with Crippen LogP contribution in [0.4, 0.5) is 5.69 Å². The van der Waals surface area contributed by atoms with E-state index in [1.54, 1.807) is 6.92 Å². The molecule has 2 heteroatoms. The Bertz CT molecular complexity index is 385. The fraction of sp³-hybridized carbons (Fsp3) is 0.357. The first-order valence-electron chi connectivity index (χ1n) is 5.44. The van der Waals surface area contributed by atoms with Crippen LogP contribution in [0.25, 0.3) is 0 Å². The molecular weight excluding hydrogens is 198 g/mol. The molecule has 1 rings (SSSR count). The molecule has 0 fully saturated rings. The van der Waals surface area contributed by atoms with Crippen molar-refractivity contribution in [2.24, 2.45) is 0 Å². The first-order chi connectivity index (χ1) is 7.63. The third-order valence-corrected chi connectivity index (χ3v) is 1.51. The van der Waals surface area contributed by atoms with Crippen molar-refractivity contribution in [2.45, 2.75) is 34.1 Å². The van der Waals surface area contributed by atoms with E-state index in [1.165, 1.54) is 6.42 Å². The molecule has 0 heterocycles. The van der Waals surface area contributed by atoms with E-state index < -0.39 is 0 Å². The van der Waals surface area contributed by atoms with E-state index in [1.807, 2.05) is 31.2 Å². The van der Waals surface area contributed by atoms with Gasteiger partial charge in [-0.3, -0.25) is 4.79 Å². The maximum atomic E-state index is 11.0. The number of amides is 1. The Balaban J connectivity index is 0.000000673. The average molecular weight is 217 g/mol. The number of nitrogens with one attached hydrogen (secondary N) is 1. The number of rotatable bonds is 1. The second-order valence-electron chi connectivity index (χ2n) is 3.41. The lowest BCUT2D eigenvalue weighted by Crippen LogP contribution is -2.08. The Morgan fingerprint density at radius 1 is 1.38 bits per heavy atom. The number of carbonyl (C=O) groups is 1. The highest BCUT2D eigenvalue weighted by atomic mass is 16.1. The molecule has 0 unspecified atom stereocenters. The van der Waals surface area contributed by atoms with Gasteiger partial charge in [-0.05, 0) is 37.5 Å². The predicted octanol–water partition coefficient (Wildman–Crippen LogP) is 3.37. The van der Waals surface area contributed by atoms with Gasteiger partial charge in [0.05, 0.1) is 0 Å². The highest BCUT2D eigenvalue weighted by Gasteiger charge is 1.96. The van der Waals surface area contributed by atoms with E-state index in [0.717, 1.165) is 11.3 Å². The van der Waals surface area contributed by atoms with Crippen molar-refractivity contribution in [3.8, 4) is 11.8 Å². The summed E-state index contributed by atoms with van der Waals surface area (Å²) in [4.78, 5) is 11.0. The van der Waals surface area contributed by atoms with Gasteiger partial charge in [-0.1, -0.05) is 38.3 Å². The number of aryl methyl sites for hydroxylation is 1. The minimum absolute atomic E-state index is 0.270. The average Bonchev–Trinajstić information content (AvgIpc) is 2.19. The summed E-state index contributed by atoms with van der Waals surface area (Å²) in [6.07, 6.45) is 1.25. The van der Waals surface area contributed by atoms with Crippen molar-refractivity contribution >= 4 is 11.6 Å². The molecule has 0 spiro atoms. The molecule has 1 amide bonds. The summed E-state index contributed by atoms with van der Waals surface area (Å²) in [6, 6.07) is 7.60. The van der Waals surface area contributed by atoms with Crippen LogP contribution >= 0.6 is 0 Å². The molecule has 0 saturated heterocycles. The number of hydrogen-bond donors (Lipinski definition) is 1. The van der Waals surface area contributed by atoms with Crippen molar-refractivity contribution in [1.29, 1.82) is 0 Å². The Morgan fingerprint density at radius 2 is 2.00 bits per heavy atom. The van der Waals surface area contributed by atoms with Gasteiger partial charge in [0.2, 0.25) is 0 Å². The van der Waals surface area contributed by atoms with Crippen LogP contribution in [-0.4, -0.2) is 5.91 Å². The second kappa shape index (κ2) is 8.55. The van der Waals surface area contributed by atoms with Crippen LogP contribution in [0.1, 0.15) is 32.8 Å². The van der Waals surface area contributed by atoms with Crippen LogP contribution in [0.5, 0.6) is 0 Å². The number of hydrogen-bond acceptors (Lipinski definition) is 1. The molecule has 0 aliphatic carbocycles. The van der Waals surface area contributed by atoms with Gasteiger partial charge in [-0.2, -0.15) is 0 Å². The quantitative estimate of drug-likeness (QED) is 0.718. The van der Waals surface area contributed by atoms with Crippen LogP contribution in [0.15, 0.2) is 24.3 Å². The molecule has 0 radical (unpaired) electrons. The molecule has 0 bridgehead atoms. The SMILES string of the molecule is CC#CC(=O)Nc1cccc(C)c1.CCC. The van der Waals surface area contributed by atoms with Gasteiger partial charge >= 0.3 is 0 Å². The maximum Gasteiger partial charge on any atom is 0.300 e. The van der Waals surface area contributed by atoms with Crippen LogP contribution < -0.4 is 5.32 Å². The molecule has 0 aliphatic heterocycles. The lowest BCUT2D eigenvalue weighted by molar-refractivity contribution is -0.111. The topological polar surface area (TPSA) is 29.1 Å². The molecule has 1 aromatic rings. The van der Waals surface area contributed by atoms with Gasteiger partial charge in [0.25, 0.3) is 5.91 Å². The summed E-state index contributed by atoms with van der Waals surface area (Å²) < 4.78 is 0. The number of carbonyl (C=O) groups excluding carboxylic acids is 1. The van der Waals surface area contributed by atoms with E-state index in [9.17, 15) is 4.79 Å². The Hall–Kier alpha value is -1.75. The highest BCUT2D eigenvalue weighted by molar-refractivity contribution is 6.03. The Kier molecular flexibility index (Phi) is 7.61. The van der Waals surface area contributed by atoms with Crippen molar-refractivity contribution in [3.05, 3.63) is 29.8 Å². The van der Waals surface area contributed by atoms with Crippen molar-refractivity contribution < 1.29 is 4.79 Å². The molecule has 86 valence electrons. The summed E-state index contributed by atoms with van der Waals surface area (Å²) in [5, 5.41) is 2.67. The fourth-order valence-corrected chi connectivity index (χ4v) is 0.999. The first-order valence-corrected chi connectivity index (χ1v) is 5.44. The largest absolute Gasteiger partial charge is 0.315 e. The molecular formula is C14H19NO. The molecule has 0 atom stereocenters. The third-order valence-electron chi connectivity index (χ3n) is 1.51. The molecule has 0 saturated carbocycles. The van der Waals surface area contributed by atoms with E-state index >= 15 is 0 Å². The predicted molar refractivity (Wildman–Crippen MR) is 69.2 cm³/mol. The second-order valence-corrected chi connectivity index (χ2v) is 3.41. The molecule has 0 aliphatic rings. The van der Waals surface area contributed by atoms with Gasteiger partial charge in [0, 0.05) is 5.69 Å². The minimum Gasteiger partial charge on any atom is -0.315 e. The summed E-state index contributed by atoms with van der Waals surface area (Å²) >= 11 is 0. The molecule has 2 nitrogen and oxygen atoms in total. The molecule has 16 heavy (non-hydrogen) atoms. The zero-order valence-corrected chi connectivity index (χ0v) is 10.4. The van der Waals surface area contributed by atoms with Crippen LogP contribution in [-0.2, 0) is 4.79 Å². The zero-order chi connectivity index (χ0) is 12.4. The molecule has 0 aromatic heterocycles. The molecule has 1 aromatic carbocycles. The van der Waals surface area contributed by atoms with E-state index in [2.05, 4.69) is 31.0 Å². The maximum absolute atomic E-state index is 11.0. The standard InChI is InChI=1S/C11H11NO.C3H8/c1-3-5-11(13)12-10-7-4-6-9(2)8-10;1-3-2/h4,6-8H,1-2H3,(H,12,13);3H2,1-2H3. The first kappa shape index (κ1) is 14.2. The lowest BCUT2D eigenvalue weighted by atomic mass is 10.2. The summed E-state index contributed by atoms with van der Waals surface area (Å²) in [7, 11) is 0. The molecule has 1 N–H and O–H groups in total. The Labute approximate surface area is 98.1 Å². The van der Waals surface area contributed by atoms with E-state index in [0.29, 0.717) is 0 Å². The number of benzene rings is 1. The van der Waals surface area contributed by atoms with Crippen LogP contribution in [0, 0.1) is 18.8 Å². The summed E-state index contributed by atoms with van der Waals surface area (Å²) in [5.41, 5.74) is 1.90. The Morgan fingerprint density at radius 3 is 2.50 bits per heavy atom. The third kappa shape index (κ3) is 6.67. The monoisotopic (exact) mass is 217 g/mol. The van der Waals surface area contributed by atoms with Gasteiger partial charge in [0.15, 0.2) is 0 Å². The number of anilines is 1. The van der Waals surface area contributed by atoms with Crippen molar-refractivity contribution in [1.82, 2.24) is 0 Å². The van der Waals surface area contributed by atoms with E-state index in [-0.39, 0.29) is 5.91 Å². The van der Waals surface area contributed by atoms with Gasteiger partial charge in [0.1, 0.15) is 0 Å². The van der Waals surface area contributed by atoms with Crippen LogP contribution in [0.3, 0.4) is 0 Å². The van der Waals surface area contributed by atoms with Gasteiger partial charge in [-0.25, -0.2) is 0 Å². The van der Waals surface area contributed by atoms with Crippen molar-refractivity contribution in [2.75, 3.05) is 5.32 Å². The summed E-state index contributed by atoms with van der Waals surface area (Å²) in [5.74, 6) is 4.68. The normalized spacial score (nSPS) is 8.00. The van der Waals surface area contributed by atoms with Gasteiger partial charge < -0.3 is 5.32 Å². The minimum atomic E-state index is -0.270. The summed E-state index contributed by atoms with van der Waals surface area (Å²) in [6.45, 7) is 7.86. The van der Waals surface area contributed by atoms with Crippen LogP contribution in [0.2, 0.25) is 0 Å². The zero-order valence-electron chi connectivity index (χ0n) is 10.4. The highest BCUT2D eigenvalue weighted by Crippen LogP contribution is 2.08. The lowest BCUT2D eigenvalue weighted by Gasteiger charge is -2.00. The smallest absolute Gasteiger partial charge is 0.300 e.